The molecule has 4 rings (SSSR count). The van der Waals surface area contributed by atoms with Gasteiger partial charge in [0.2, 0.25) is 0 Å². The number of benzene rings is 2. The van der Waals surface area contributed by atoms with Crippen LogP contribution in [0.4, 0.5) is 0 Å². The number of carbonyl (C=O) groups excluding carboxylic acids is 3. The van der Waals surface area contributed by atoms with Crippen LogP contribution in [0.3, 0.4) is 0 Å². The lowest BCUT2D eigenvalue weighted by Gasteiger charge is -2.28. The second-order valence-electron chi connectivity index (χ2n) is 6.90. The molecule has 0 bridgehead atoms. The number of Topliss-reactive ketones (excluding diaryl/α,β-unsaturated/α-hetero) is 1. The van der Waals surface area contributed by atoms with E-state index in [1.165, 1.54) is 13.0 Å². The Labute approximate surface area is 161 Å². The van der Waals surface area contributed by atoms with E-state index in [9.17, 15) is 19.4 Å². The summed E-state index contributed by atoms with van der Waals surface area (Å²) >= 11 is 0. The number of carbonyl (C=O) groups is 3. The molecule has 7 nitrogen and oxygen atoms in total. The highest BCUT2D eigenvalue weighted by Gasteiger charge is 2.39. The number of cyclic esters (lactones) is 1. The second-order valence-corrected chi connectivity index (χ2v) is 6.90. The lowest BCUT2D eigenvalue weighted by atomic mass is 9.64. The molecule has 0 radical (unpaired) electrons. The first-order valence-corrected chi connectivity index (χ1v) is 8.91. The van der Waals surface area contributed by atoms with Gasteiger partial charge in [0.1, 0.15) is 17.1 Å². The Morgan fingerprint density at radius 3 is 2.79 bits per heavy atom. The molecule has 2 aromatic rings. The number of fused-ring (bicyclic) bond motifs is 2. The molecule has 0 saturated heterocycles. The first kappa shape index (κ1) is 18.2. The minimum atomic E-state index is -1.20. The monoisotopic (exact) mass is 380 g/mol. The number of rotatable bonds is 4. The molecule has 0 aromatic heterocycles. The summed E-state index contributed by atoms with van der Waals surface area (Å²) in [6, 6.07) is 11.6. The molecule has 2 aromatic carbocycles. The van der Waals surface area contributed by atoms with Crippen LogP contribution in [-0.4, -0.2) is 29.9 Å². The van der Waals surface area contributed by atoms with E-state index in [-0.39, 0.29) is 29.3 Å². The summed E-state index contributed by atoms with van der Waals surface area (Å²) in [6.07, 6.45) is -0.547. The van der Waals surface area contributed by atoms with Crippen molar-refractivity contribution in [3.8, 4) is 5.75 Å². The second kappa shape index (κ2) is 7.12. The van der Waals surface area contributed by atoms with Crippen LogP contribution in [0.25, 0.3) is 0 Å². The highest BCUT2D eigenvalue weighted by molar-refractivity contribution is 6.46. The molecular formula is C20H17BO7. The smallest absolute Gasteiger partial charge is 0.526 e. The highest BCUT2D eigenvalue weighted by atomic mass is 16.7. The van der Waals surface area contributed by atoms with E-state index in [0.717, 1.165) is 0 Å². The normalized spacial score (nSPS) is 19.9. The molecule has 8 heteroatoms. The number of hydrogen-bond acceptors (Lipinski definition) is 7. The van der Waals surface area contributed by atoms with Crippen LogP contribution in [0.15, 0.2) is 42.5 Å². The van der Waals surface area contributed by atoms with Crippen LogP contribution in [-0.2, 0) is 20.7 Å². The van der Waals surface area contributed by atoms with Crippen LogP contribution in [0, 0.1) is 0 Å². The SMILES string of the molecule is CC(=O)C[C@H]1Cc2cccc(C(=O)OC3OC(=O)c4ccccc43)c2OB1O. The van der Waals surface area contributed by atoms with Gasteiger partial charge < -0.3 is 23.9 Å². The summed E-state index contributed by atoms with van der Waals surface area (Å²) in [7, 11) is -1.20. The van der Waals surface area contributed by atoms with Gasteiger partial charge >= 0.3 is 19.1 Å². The van der Waals surface area contributed by atoms with Crippen LogP contribution in [0.1, 0.15) is 51.5 Å². The van der Waals surface area contributed by atoms with Gasteiger partial charge in [-0.1, -0.05) is 30.3 Å². The summed E-state index contributed by atoms with van der Waals surface area (Å²) in [5.41, 5.74) is 1.66. The van der Waals surface area contributed by atoms with E-state index in [1.807, 2.05) is 0 Å². The molecule has 0 aliphatic carbocycles. The molecule has 2 atom stereocenters. The molecule has 0 saturated carbocycles. The van der Waals surface area contributed by atoms with Crippen molar-refractivity contribution >= 4 is 24.8 Å². The van der Waals surface area contributed by atoms with E-state index >= 15 is 0 Å². The van der Waals surface area contributed by atoms with Gasteiger partial charge in [0.05, 0.1) is 5.56 Å². The fourth-order valence-electron chi connectivity index (χ4n) is 3.55. The zero-order chi connectivity index (χ0) is 19.8. The van der Waals surface area contributed by atoms with Crippen molar-refractivity contribution in [2.75, 3.05) is 0 Å². The Kier molecular flexibility index (Phi) is 4.64. The van der Waals surface area contributed by atoms with Crippen molar-refractivity contribution < 1.29 is 33.5 Å². The van der Waals surface area contributed by atoms with Crippen LogP contribution in [0.5, 0.6) is 5.75 Å². The van der Waals surface area contributed by atoms with E-state index in [1.54, 1.807) is 36.4 Å². The molecule has 142 valence electrons. The predicted molar refractivity (Wildman–Crippen MR) is 97.8 cm³/mol. The van der Waals surface area contributed by atoms with Crippen molar-refractivity contribution in [3.63, 3.8) is 0 Å². The van der Waals surface area contributed by atoms with Crippen molar-refractivity contribution in [1.82, 2.24) is 0 Å². The molecule has 0 fully saturated rings. The summed E-state index contributed by atoms with van der Waals surface area (Å²) in [4.78, 5) is 36.0. The van der Waals surface area contributed by atoms with Gasteiger partial charge in [-0.15, -0.1) is 0 Å². The van der Waals surface area contributed by atoms with E-state index < -0.39 is 25.3 Å². The first-order valence-electron chi connectivity index (χ1n) is 8.91. The fourth-order valence-corrected chi connectivity index (χ4v) is 3.55. The number of ether oxygens (including phenoxy) is 2. The third-order valence-electron chi connectivity index (χ3n) is 4.85. The largest absolute Gasteiger partial charge is 0.535 e. The minimum absolute atomic E-state index is 0.0478. The topological polar surface area (TPSA) is 99.1 Å². The molecule has 1 unspecified atom stereocenters. The average molecular weight is 380 g/mol. The molecular weight excluding hydrogens is 363 g/mol. The van der Waals surface area contributed by atoms with E-state index in [4.69, 9.17) is 14.1 Å². The van der Waals surface area contributed by atoms with Gasteiger partial charge in [-0.2, -0.15) is 0 Å². The maximum Gasteiger partial charge on any atom is 0.526 e. The Morgan fingerprint density at radius 2 is 2.00 bits per heavy atom. The average Bonchev–Trinajstić information content (AvgIpc) is 2.97. The maximum atomic E-state index is 12.7. The van der Waals surface area contributed by atoms with Crippen LogP contribution in [0.2, 0.25) is 5.82 Å². The Balaban J connectivity index is 1.57. The fraction of sp³-hybridized carbons (Fsp3) is 0.250. The molecule has 28 heavy (non-hydrogen) atoms. The van der Waals surface area contributed by atoms with Gasteiger partial charge in [-0.3, -0.25) is 0 Å². The summed E-state index contributed by atoms with van der Waals surface area (Å²) in [6.45, 7) is 1.46. The minimum Gasteiger partial charge on any atom is -0.535 e. The third-order valence-corrected chi connectivity index (χ3v) is 4.85. The molecule has 2 heterocycles. The predicted octanol–water partition coefficient (Wildman–Crippen LogP) is 2.48. The summed E-state index contributed by atoms with van der Waals surface area (Å²) in [5.74, 6) is -1.49. The van der Waals surface area contributed by atoms with Gasteiger partial charge in [-0.25, -0.2) is 9.59 Å². The van der Waals surface area contributed by atoms with Crippen molar-refractivity contribution in [2.24, 2.45) is 0 Å². The lowest BCUT2D eigenvalue weighted by molar-refractivity contribution is -0.117. The van der Waals surface area contributed by atoms with Gasteiger partial charge in [0.15, 0.2) is 0 Å². The van der Waals surface area contributed by atoms with Crippen molar-refractivity contribution in [1.29, 1.82) is 0 Å². The van der Waals surface area contributed by atoms with E-state index in [0.29, 0.717) is 23.1 Å². The lowest BCUT2D eigenvalue weighted by Crippen LogP contribution is -2.35. The van der Waals surface area contributed by atoms with Gasteiger partial charge in [0, 0.05) is 17.8 Å². The molecule has 2 aliphatic rings. The molecule has 2 aliphatic heterocycles. The first-order chi connectivity index (χ1) is 13.4. The Morgan fingerprint density at radius 1 is 1.21 bits per heavy atom. The Bertz CT molecular complexity index is 971. The zero-order valence-electron chi connectivity index (χ0n) is 15.1. The third kappa shape index (κ3) is 3.27. The molecule has 0 spiro atoms. The number of ketones is 1. The Hall–Kier alpha value is -3.13. The number of esters is 2. The van der Waals surface area contributed by atoms with Crippen LogP contribution < -0.4 is 4.65 Å². The summed E-state index contributed by atoms with van der Waals surface area (Å²) in [5, 5.41) is 10.2. The molecule has 0 amide bonds. The summed E-state index contributed by atoms with van der Waals surface area (Å²) < 4.78 is 16.1. The van der Waals surface area contributed by atoms with Crippen molar-refractivity contribution in [2.45, 2.75) is 31.9 Å². The number of hydrogen-bond donors (Lipinski definition) is 1. The maximum absolute atomic E-state index is 12.7. The standard InChI is InChI=1S/C20H17BO7/c1-11(22)9-13-10-12-5-4-8-16(17(12)28-21(13)25)19(24)27-20-15-7-3-2-6-14(15)18(23)26-20/h2-8,13,20,25H,9-10H2,1H3/t13-,20?/m0/s1. The van der Waals surface area contributed by atoms with Gasteiger partial charge in [-0.05, 0) is 31.0 Å². The molecule has 1 N–H and O–H groups in total. The zero-order valence-corrected chi connectivity index (χ0v) is 15.1. The quantitative estimate of drug-likeness (QED) is 0.643. The van der Waals surface area contributed by atoms with Crippen LogP contribution >= 0.6 is 0 Å². The van der Waals surface area contributed by atoms with Crippen molar-refractivity contribution in [3.05, 3.63) is 64.7 Å². The van der Waals surface area contributed by atoms with Gasteiger partial charge in [0.25, 0.3) is 6.29 Å². The number of para-hydroxylation sites is 1. The highest BCUT2D eigenvalue weighted by Crippen LogP contribution is 2.38. The van der Waals surface area contributed by atoms with E-state index in [2.05, 4.69) is 0 Å².